The molecular weight excluding hydrogens is 352 g/mol. The van der Waals surface area contributed by atoms with E-state index in [0.717, 1.165) is 6.07 Å². The fraction of sp³-hybridized carbons (Fsp3) is 0.118. The van der Waals surface area contributed by atoms with Gasteiger partial charge in [-0.05, 0) is 24.3 Å². The lowest BCUT2D eigenvalue weighted by molar-refractivity contribution is 0.0950. The van der Waals surface area contributed by atoms with Gasteiger partial charge in [-0.25, -0.2) is 8.78 Å². The molecule has 128 valence electrons. The Morgan fingerprint density at radius 2 is 1.84 bits per heavy atom. The Morgan fingerprint density at radius 1 is 1.08 bits per heavy atom. The van der Waals surface area contributed by atoms with Crippen molar-refractivity contribution in [3.63, 3.8) is 0 Å². The van der Waals surface area contributed by atoms with Gasteiger partial charge in [0.1, 0.15) is 11.6 Å². The molecule has 2 aromatic carbocycles. The zero-order valence-corrected chi connectivity index (χ0v) is 13.6. The number of nitrogens with zero attached hydrogens (tertiary/aromatic N) is 2. The molecule has 0 fully saturated rings. The molecule has 0 unspecified atom stereocenters. The topological polar surface area (TPSA) is 68.0 Å². The molecule has 0 atom stereocenters. The van der Waals surface area contributed by atoms with Crippen molar-refractivity contribution >= 4 is 17.5 Å². The van der Waals surface area contributed by atoms with Crippen LogP contribution in [0.2, 0.25) is 5.02 Å². The van der Waals surface area contributed by atoms with Crippen LogP contribution in [-0.4, -0.2) is 22.6 Å². The van der Waals surface area contributed by atoms with E-state index in [2.05, 4.69) is 15.5 Å². The zero-order valence-electron chi connectivity index (χ0n) is 12.8. The summed E-state index contributed by atoms with van der Waals surface area (Å²) in [7, 11) is 0. The van der Waals surface area contributed by atoms with Gasteiger partial charge in [-0.3, -0.25) is 4.79 Å². The molecule has 3 aromatic rings. The molecule has 0 radical (unpaired) electrons. The maximum Gasteiger partial charge on any atom is 0.255 e. The highest BCUT2D eigenvalue weighted by Crippen LogP contribution is 2.21. The smallest absolute Gasteiger partial charge is 0.255 e. The Morgan fingerprint density at radius 3 is 2.60 bits per heavy atom. The molecule has 5 nitrogen and oxygen atoms in total. The van der Waals surface area contributed by atoms with E-state index in [9.17, 15) is 13.6 Å². The largest absolute Gasteiger partial charge is 0.421 e. The molecule has 0 saturated heterocycles. The molecular formula is C17H12ClF2N3O2. The number of rotatable bonds is 5. The quantitative estimate of drug-likeness (QED) is 0.751. The van der Waals surface area contributed by atoms with Crippen molar-refractivity contribution in [1.29, 1.82) is 0 Å². The van der Waals surface area contributed by atoms with E-state index < -0.39 is 17.5 Å². The van der Waals surface area contributed by atoms with Gasteiger partial charge in [0, 0.05) is 13.0 Å². The first-order valence-corrected chi connectivity index (χ1v) is 7.73. The van der Waals surface area contributed by atoms with E-state index in [1.807, 2.05) is 0 Å². The first-order valence-electron chi connectivity index (χ1n) is 7.36. The minimum Gasteiger partial charge on any atom is -0.421 e. The third-order valence-electron chi connectivity index (χ3n) is 3.39. The van der Waals surface area contributed by atoms with E-state index in [4.69, 9.17) is 16.0 Å². The Kier molecular flexibility index (Phi) is 5.04. The molecule has 1 N–H and O–H groups in total. The van der Waals surface area contributed by atoms with Crippen LogP contribution in [0.5, 0.6) is 0 Å². The van der Waals surface area contributed by atoms with Crippen LogP contribution in [0.4, 0.5) is 8.78 Å². The van der Waals surface area contributed by atoms with Crippen LogP contribution in [0.15, 0.2) is 46.9 Å². The average molecular weight is 364 g/mol. The predicted molar refractivity (Wildman–Crippen MR) is 87.1 cm³/mol. The van der Waals surface area contributed by atoms with Crippen LogP contribution in [0.1, 0.15) is 16.2 Å². The number of aromatic nitrogens is 2. The van der Waals surface area contributed by atoms with Crippen LogP contribution in [0.25, 0.3) is 11.5 Å². The minimum absolute atomic E-state index is 0.0251. The lowest BCUT2D eigenvalue weighted by atomic mass is 10.2. The minimum atomic E-state index is -0.704. The van der Waals surface area contributed by atoms with Crippen molar-refractivity contribution in [3.8, 4) is 11.5 Å². The molecule has 1 heterocycles. The second-order valence-corrected chi connectivity index (χ2v) is 5.49. The Labute approximate surface area is 146 Å². The monoisotopic (exact) mass is 363 g/mol. The molecule has 1 aromatic heterocycles. The average Bonchev–Trinajstić information content (AvgIpc) is 3.04. The molecule has 3 rings (SSSR count). The molecule has 0 aliphatic carbocycles. The summed E-state index contributed by atoms with van der Waals surface area (Å²) in [5.74, 6) is -1.54. The maximum absolute atomic E-state index is 13.7. The van der Waals surface area contributed by atoms with Gasteiger partial charge < -0.3 is 9.73 Å². The SMILES string of the molecule is O=C(NCCc1nnc(-c2ccccc2F)o1)c1c(F)cccc1Cl. The Bertz CT molecular complexity index is 894. The van der Waals surface area contributed by atoms with Crippen LogP contribution in [0.3, 0.4) is 0 Å². The number of hydrogen-bond donors (Lipinski definition) is 1. The summed E-state index contributed by atoms with van der Waals surface area (Å²) < 4.78 is 32.7. The lowest BCUT2D eigenvalue weighted by Gasteiger charge is -2.06. The molecule has 0 saturated carbocycles. The van der Waals surface area contributed by atoms with Gasteiger partial charge >= 0.3 is 0 Å². The van der Waals surface area contributed by atoms with E-state index in [-0.39, 0.29) is 40.9 Å². The zero-order chi connectivity index (χ0) is 17.8. The Hall–Kier alpha value is -2.80. The molecule has 0 spiro atoms. The van der Waals surface area contributed by atoms with Gasteiger partial charge in [0.2, 0.25) is 5.89 Å². The van der Waals surface area contributed by atoms with Gasteiger partial charge in [0.25, 0.3) is 11.8 Å². The highest BCUT2D eigenvalue weighted by Gasteiger charge is 2.16. The fourth-order valence-electron chi connectivity index (χ4n) is 2.18. The van der Waals surface area contributed by atoms with Gasteiger partial charge in [-0.15, -0.1) is 10.2 Å². The first-order chi connectivity index (χ1) is 12.1. The normalized spacial score (nSPS) is 10.7. The van der Waals surface area contributed by atoms with Crippen molar-refractivity contribution in [2.24, 2.45) is 0 Å². The summed E-state index contributed by atoms with van der Waals surface area (Å²) in [5.41, 5.74) is -0.0230. The number of benzene rings is 2. The number of amides is 1. The summed E-state index contributed by atoms with van der Waals surface area (Å²) >= 11 is 5.83. The highest BCUT2D eigenvalue weighted by atomic mass is 35.5. The van der Waals surface area contributed by atoms with E-state index in [1.54, 1.807) is 12.1 Å². The molecule has 0 aliphatic rings. The van der Waals surface area contributed by atoms with E-state index in [0.29, 0.717) is 0 Å². The third-order valence-corrected chi connectivity index (χ3v) is 3.70. The third kappa shape index (κ3) is 3.83. The molecule has 8 heteroatoms. The lowest BCUT2D eigenvalue weighted by Crippen LogP contribution is -2.27. The molecule has 0 aliphatic heterocycles. The van der Waals surface area contributed by atoms with Crippen molar-refractivity contribution in [3.05, 3.63) is 70.6 Å². The number of halogens is 3. The summed E-state index contributed by atoms with van der Waals surface area (Å²) in [6, 6.07) is 10.0. The fourth-order valence-corrected chi connectivity index (χ4v) is 2.43. The Balaban J connectivity index is 1.62. The summed E-state index contributed by atoms with van der Waals surface area (Å²) in [6.45, 7) is 0.127. The van der Waals surface area contributed by atoms with Crippen molar-refractivity contribution in [1.82, 2.24) is 15.5 Å². The number of nitrogens with one attached hydrogen (secondary N) is 1. The van der Waals surface area contributed by atoms with Crippen LogP contribution >= 0.6 is 11.6 Å². The highest BCUT2D eigenvalue weighted by molar-refractivity contribution is 6.33. The van der Waals surface area contributed by atoms with Gasteiger partial charge in [-0.2, -0.15) is 0 Å². The van der Waals surface area contributed by atoms with Crippen molar-refractivity contribution < 1.29 is 18.0 Å². The number of carbonyl (C=O) groups is 1. The second-order valence-electron chi connectivity index (χ2n) is 5.08. The molecule has 1 amide bonds. The number of carbonyl (C=O) groups excluding carboxylic acids is 1. The number of hydrogen-bond acceptors (Lipinski definition) is 4. The summed E-state index contributed by atoms with van der Waals surface area (Å²) in [4.78, 5) is 12.0. The maximum atomic E-state index is 13.7. The molecule has 0 bridgehead atoms. The predicted octanol–water partition coefficient (Wildman–Crippen LogP) is 3.64. The second kappa shape index (κ2) is 7.40. The van der Waals surface area contributed by atoms with Gasteiger partial charge in [0.15, 0.2) is 0 Å². The van der Waals surface area contributed by atoms with Crippen LogP contribution in [0, 0.1) is 11.6 Å². The molecule has 25 heavy (non-hydrogen) atoms. The van der Waals surface area contributed by atoms with E-state index >= 15 is 0 Å². The van der Waals surface area contributed by atoms with Crippen molar-refractivity contribution in [2.75, 3.05) is 6.54 Å². The first kappa shape index (κ1) is 17.0. The van der Waals surface area contributed by atoms with E-state index in [1.165, 1.54) is 24.3 Å². The van der Waals surface area contributed by atoms with Crippen LogP contribution in [-0.2, 0) is 6.42 Å². The summed E-state index contributed by atoms with van der Waals surface area (Å²) in [5, 5.41) is 10.1. The van der Waals surface area contributed by atoms with Crippen LogP contribution < -0.4 is 5.32 Å². The summed E-state index contributed by atoms with van der Waals surface area (Å²) in [6.07, 6.45) is 0.208. The van der Waals surface area contributed by atoms with Gasteiger partial charge in [-0.1, -0.05) is 29.8 Å². The standard InChI is InChI=1S/C17H12ClF2N3O2/c18-11-5-3-7-13(20)15(11)16(24)21-9-8-14-22-23-17(25-14)10-4-1-2-6-12(10)19/h1-7H,8-9H2,(H,21,24). The van der Waals surface area contributed by atoms with Gasteiger partial charge in [0.05, 0.1) is 16.1 Å². The van der Waals surface area contributed by atoms with Crippen molar-refractivity contribution in [2.45, 2.75) is 6.42 Å².